The Hall–Kier alpha value is -1.81. The van der Waals surface area contributed by atoms with Crippen molar-refractivity contribution in [1.82, 2.24) is 4.90 Å². The van der Waals surface area contributed by atoms with E-state index < -0.39 is 0 Å². The van der Waals surface area contributed by atoms with E-state index in [1.54, 1.807) is 0 Å². The van der Waals surface area contributed by atoms with Crippen LogP contribution in [-0.4, -0.2) is 29.9 Å². The first-order chi connectivity index (χ1) is 10.1. The average molecular weight is 286 g/mol. The number of benzene rings is 1. The maximum absolute atomic E-state index is 12.8. The summed E-state index contributed by atoms with van der Waals surface area (Å²) in [5.41, 5.74) is 7.55. The molecule has 0 bridgehead atoms. The van der Waals surface area contributed by atoms with Crippen LogP contribution in [0.25, 0.3) is 11.0 Å². The summed E-state index contributed by atoms with van der Waals surface area (Å²) in [5.74, 6) is 1.06. The van der Waals surface area contributed by atoms with E-state index in [2.05, 4.69) is 6.92 Å². The number of piperidine rings is 1. The molecule has 1 amide bonds. The Kier molecular flexibility index (Phi) is 3.72. The second-order valence-corrected chi connectivity index (χ2v) is 6.07. The first kappa shape index (κ1) is 14.1. The molecule has 1 aromatic heterocycles. The van der Waals surface area contributed by atoms with Gasteiger partial charge in [0.2, 0.25) is 0 Å². The lowest BCUT2D eigenvalue weighted by atomic mass is 9.92. The minimum atomic E-state index is -0.0222. The molecule has 1 aliphatic heterocycles. The lowest BCUT2D eigenvalue weighted by Gasteiger charge is -2.37. The van der Waals surface area contributed by atoms with E-state index in [-0.39, 0.29) is 11.9 Å². The maximum atomic E-state index is 12.8. The van der Waals surface area contributed by atoms with Crippen molar-refractivity contribution in [3.63, 3.8) is 0 Å². The van der Waals surface area contributed by atoms with E-state index in [4.69, 9.17) is 10.2 Å². The highest BCUT2D eigenvalue weighted by Crippen LogP contribution is 2.29. The number of furan rings is 1. The zero-order valence-corrected chi connectivity index (χ0v) is 12.6. The summed E-state index contributed by atoms with van der Waals surface area (Å²) in [7, 11) is 0. The number of nitrogens with zero attached hydrogens (tertiary/aromatic N) is 1. The van der Waals surface area contributed by atoms with Crippen LogP contribution in [-0.2, 0) is 0 Å². The highest BCUT2D eigenvalue weighted by atomic mass is 16.3. The zero-order valence-electron chi connectivity index (χ0n) is 12.6. The second kappa shape index (κ2) is 5.53. The quantitative estimate of drug-likeness (QED) is 0.923. The summed E-state index contributed by atoms with van der Waals surface area (Å²) >= 11 is 0. The van der Waals surface area contributed by atoms with E-state index in [0.29, 0.717) is 18.2 Å². The molecule has 0 radical (unpaired) electrons. The summed E-state index contributed by atoms with van der Waals surface area (Å²) < 4.78 is 5.80. The fourth-order valence-electron chi connectivity index (χ4n) is 3.25. The third-order valence-corrected chi connectivity index (χ3v) is 4.55. The van der Waals surface area contributed by atoms with Crippen molar-refractivity contribution < 1.29 is 9.21 Å². The number of rotatable bonds is 2. The van der Waals surface area contributed by atoms with Crippen molar-refractivity contribution in [1.29, 1.82) is 0 Å². The van der Waals surface area contributed by atoms with Gasteiger partial charge >= 0.3 is 0 Å². The monoisotopic (exact) mass is 286 g/mol. The SMILES string of the molecule is Cc1c(C(=O)N2CCC(C)CC2CN)oc2ccccc12. The number of hydrogen-bond donors (Lipinski definition) is 1. The summed E-state index contributed by atoms with van der Waals surface area (Å²) in [5, 5.41) is 1.01. The molecule has 1 aromatic carbocycles. The van der Waals surface area contributed by atoms with Gasteiger partial charge in [-0.15, -0.1) is 0 Å². The highest BCUT2D eigenvalue weighted by molar-refractivity contribution is 5.99. The molecule has 1 aliphatic rings. The van der Waals surface area contributed by atoms with Crippen LogP contribution >= 0.6 is 0 Å². The van der Waals surface area contributed by atoms with Gasteiger partial charge in [0.1, 0.15) is 5.58 Å². The summed E-state index contributed by atoms with van der Waals surface area (Å²) in [4.78, 5) is 14.7. The van der Waals surface area contributed by atoms with Gasteiger partial charge < -0.3 is 15.1 Å². The number of hydrogen-bond acceptors (Lipinski definition) is 3. The highest BCUT2D eigenvalue weighted by Gasteiger charge is 2.32. The van der Waals surface area contributed by atoms with Crippen molar-refractivity contribution in [3.05, 3.63) is 35.6 Å². The first-order valence-electron chi connectivity index (χ1n) is 7.61. The van der Waals surface area contributed by atoms with Crippen LogP contribution in [0.15, 0.2) is 28.7 Å². The topological polar surface area (TPSA) is 59.5 Å². The molecule has 2 unspecified atom stereocenters. The van der Waals surface area contributed by atoms with Gasteiger partial charge in [-0.1, -0.05) is 25.1 Å². The van der Waals surface area contributed by atoms with Crippen LogP contribution in [0.4, 0.5) is 0 Å². The molecule has 112 valence electrons. The van der Waals surface area contributed by atoms with Crippen LogP contribution in [0.1, 0.15) is 35.9 Å². The van der Waals surface area contributed by atoms with Gasteiger partial charge in [-0.05, 0) is 31.7 Å². The third-order valence-electron chi connectivity index (χ3n) is 4.55. The Balaban J connectivity index is 1.94. The molecule has 1 saturated heterocycles. The summed E-state index contributed by atoms with van der Waals surface area (Å²) in [6, 6.07) is 7.89. The normalized spacial score (nSPS) is 22.7. The van der Waals surface area contributed by atoms with Crippen LogP contribution < -0.4 is 5.73 Å². The van der Waals surface area contributed by atoms with Crippen molar-refractivity contribution in [2.24, 2.45) is 11.7 Å². The fourth-order valence-corrected chi connectivity index (χ4v) is 3.25. The Labute approximate surface area is 124 Å². The van der Waals surface area contributed by atoms with E-state index in [1.807, 2.05) is 36.1 Å². The first-order valence-corrected chi connectivity index (χ1v) is 7.61. The Bertz CT molecular complexity index is 662. The third kappa shape index (κ3) is 2.44. The molecular formula is C17H22N2O2. The van der Waals surface area contributed by atoms with Crippen molar-refractivity contribution in [2.75, 3.05) is 13.1 Å². The van der Waals surface area contributed by atoms with Crippen molar-refractivity contribution in [3.8, 4) is 0 Å². The predicted octanol–water partition coefficient (Wildman–Crippen LogP) is 2.94. The lowest BCUT2D eigenvalue weighted by Crippen LogP contribution is -2.49. The molecule has 0 saturated carbocycles. The van der Waals surface area contributed by atoms with Gasteiger partial charge in [-0.2, -0.15) is 0 Å². The summed E-state index contributed by atoms with van der Waals surface area (Å²) in [6.07, 6.45) is 2.00. The van der Waals surface area contributed by atoms with Gasteiger partial charge in [0.05, 0.1) is 0 Å². The largest absolute Gasteiger partial charge is 0.451 e. The van der Waals surface area contributed by atoms with E-state index in [1.165, 1.54) is 0 Å². The lowest BCUT2D eigenvalue weighted by molar-refractivity contribution is 0.0543. The number of aryl methyl sites for hydroxylation is 1. The molecule has 3 rings (SSSR count). The molecule has 2 atom stereocenters. The Morgan fingerprint density at radius 3 is 2.90 bits per heavy atom. The molecular weight excluding hydrogens is 264 g/mol. The fraction of sp³-hybridized carbons (Fsp3) is 0.471. The van der Waals surface area contributed by atoms with Crippen LogP contribution in [0.5, 0.6) is 0 Å². The minimum absolute atomic E-state index is 0.0222. The molecule has 2 aromatic rings. The smallest absolute Gasteiger partial charge is 0.290 e. The van der Waals surface area contributed by atoms with E-state index in [9.17, 15) is 4.79 Å². The van der Waals surface area contributed by atoms with Gasteiger partial charge in [0, 0.05) is 30.1 Å². The van der Waals surface area contributed by atoms with Crippen LogP contribution in [0, 0.1) is 12.8 Å². The molecule has 0 aliphatic carbocycles. The van der Waals surface area contributed by atoms with E-state index >= 15 is 0 Å². The number of carbonyl (C=O) groups is 1. The van der Waals surface area contributed by atoms with Gasteiger partial charge in [-0.25, -0.2) is 0 Å². The molecule has 0 spiro atoms. The molecule has 2 heterocycles. The van der Waals surface area contributed by atoms with Gasteiger partial charge in [0.15, 0.2) is 5.76 Å². The molecule has 21 heavy (non-hydrogen) atoms. The number of amides is 1. The number of likely N-dealkylation sites (tertiary alicyclic amines) is 1. The van der Waals surface area contributed by atoms with E-state index in [0.717, 1.165) is 35.9 Å². The molecule has 4 nitrogen and oxygen atoms in total. The molecule has 4 heteroatoms. The maximum Gasteiger partial charge on any atom is 0.290 e. The van der Waals surface area contributed by atoms with Gasteiger partial charge in [-0.3, -0.25) is 4.79 Å². The van der Waals surface area contributed by atoms with Crippen LogP contribution in [0.3, 0.4) is 0 Å². The number of fused-ring (bicyclic) bond motifs is 1. The predicted molar refractivity (Wildman–Crippen MR) is 83.2 cm³/mol. The van der Waals surface area contributed by atoms with Crippen molar-refractivity contribution in [2.45, 2.75) is 32.7 Å². The number of nitrogens with two attached hydrogens (primary N) is 1. The summed E-state index contributed by atoms with van der Waals surface area (Å²) in [6.45, 7) is 5.44. The number of para-hydroxylation sites is 1. The molecule has 2 N–H and O–H groups in total. The zero-order chi connectivity index (χ0) is 15.0. The number of carbonyl (C=O) groups excluding carboxylic acids is 1. The minimum Gasteiger partial charge on any atom is -0.451 e. The Morgan fingerprint density at radius 1 is 1.43 bits per heavy atom. The van der Waals surface area contributed by atoms with Crippen LogP contribution in [0.2, 0.25) is 0 Å². The molecule has 1 fully saturated rings. The average Bonchev–Trinajstić information content (AvgIpc) is 2.84. The van der Waals surface area contributed by atoms with Crippen molar-refractivity contribution >= 4 is 16.9 Å². The van der Waals surface area contributed by atoms with Gasteiger partial charge in [0.25, 0.3) is 5.91 Å². The Morgan fingerprint density at radius 2 is 2.19 bits per heavy atom. The second-order valence-electron chi connectivity index (χ2n) is 6.07. The standard InChI is InChI=1S/C17H22N2O2/c1-11-7-8-19(13(9-11)10-18)17(20)16-12(2)14-5-3-4-6-15(14)21-16/h3-6,11,13H,7-10,18H2,1-2H3.